The van der Waals surface area contributed by atoms with E-state index in [9.17, 15) is 14.4 Å². The molecule has 0 spiro atoms. The quantitative estimate of drug-likeness (QED) is 0.681. The predicted molar refractivity (Wildman–Crippen MR) is 104 cm³/mol. The van der Waals surface area contributed by atoms with Crippen molar-refractivity contribution < 1.29 is 23.5 Å². The maximum absolute atomic E-state index is 12.5. The van der Waals surface area contributed by atoms with Gasteiger partial charge in [-0.1, -0.05) is 6.07 Å². The van der Waals surface area contributed by atoms with Crippen LogP contribution in [-0.2, 0) is 27.3 Å². The Morgan fingerprint density at radius 1 is 1.31 bits per heavy atom. The molecule has 0 bridgehead atoms. The molecule has 29 heavy (non-hydrogen) atoms. The molecule has 0 radical (unpaired) electrons. The van der Waals surface area contributed by atoms with E-state index in [2.05, 4.69) is 10.3 Å². The predicted octanol–water partition coefficient (Wildman–Crippen LogP) is 1.95. The van der Waals surface area contributed by atoms with Crippen molar-refractivity contribution in [3.63, 3.8) is 0 Å². The zero-order valence-corrected chi connectivity index (χ0v) is 16.4. The van der Waals surface area contributed by atoms with E-state index >= 15 is 0 Å². The summed E-state index contributed by atoms with van der Waals surface area (Å²) in [4.78, 5) is 42.4. The van der Waals surface area contributed by atoms with Gasteiger partial charge in [0.15, 0.2) is 0 Å². The molecular formula is C21H25N3O5. The van der Waals surface area contributed by atoms with Crippen molar-refractivity contribution in [2.45, 2.75) is 32.7 Å². The van der Waals surface area contributed by atoms with E-state index in [4.69, 9.17) is 9.15 Å². The summed E-state index contributed by atoms with van der Waals surface area (Å²) >= 11 is 0. The number of piperidine rings is 1. The second-order valence-corrected chi connectivity index (χ2v) is 6.85. The molecule has 1 aliphatic heterocycles. The number of carbonyl (C=O) groups is 3. The average molecular weight is 399 g/mol. The Bertz CT molecular complexity index is 849. The number of ether oxygens (including phenoxy) is 1. The van der Waals surface area contributed by atoms with E-state index in [0.29, 0.717) is 38.1 Å². The molecule has 154 valence electrons. The first-order valence-corrected chi connectivity index (χ1v) is 9.78. The van der Waals surface area contributed by atoms with Crippen molar-refractivity contribution in [1.82, 2.24) is 15.2 Å². The molecule has 2 amide bonds. The largest absolute Gasteiger partial charge is 0.460 e. The van der Waals surface area contributed by atoms with Gasteiger partial charge in [0.2, 0.25) is 17.6 Å². The minimum atomic E-state index is -0.528. The van der Waals surface area contributed by atoms with Gasteiger partial charge in [0.25, 0.3) is 0 Å². The number of likely N-dealkylation sites (tertiary alicyclic amines) is 1. The highest BCUT2D eigenvalue weighted by Gasteiger charge is 2.30. The van der Waals surface area contributed by atoms with Crippen LogP contribution in [0.5, 0.6) is 0 Å². The Morgan fingerprint density at radius 3 is 2.93 bits per heavy atom. The van der Waals surface area contributed by atoms with Crippen LogP contribution in [0.1, 0.15) is 41.8 Å². The van der Waals surface area contributed by atoms with Crippen LogP contribution in [0.15, 0.2) is 40.9 Å². The molecule has 3 heterocycles. The molecule has 1 fully saturated rings. The fraction of sp³-hybridized carbons (Fsp3) is 0.429. The zero-order chi connectivity index (χ0) is 20.6. The molecule has 1 unspecified atom stereocenters. The van der Waals surface area contributed by atoms with Crippen molar-refractivity contribution in [2.75, 3.05) is 19.7 Å². The highest BCUT2D eigenvalue weighted by molar-refractivity contribution is 5.86. The van der Waals surface area contributed by atoms with Crippen LogP contribution in [0.2, 0.25) is 0 Å². The Kier molecular flexibility index (Phi) is 6.99. The normalized spacial score (nSPS) is 16.5. The summed E-state index contributed by atoms with van der Waals surface area (Å²) in [6, 6.07) is 8.85. The molecule has 1 atom stereocenters. The summed E-state index contributed by atoms with van der Waals surface area (Å²) in [5.74, 6) is -0.278. The number of pyridine rings is 1. The number of nitrogens with one attached hydrogen (secondary N) is 1. The van der Waals surface area contributed by atoms with Gasteiger partial charge >= 0.3 is 5.97 Å². The number of hydrogen-bond donors (Lipinski definition) is 1. The van der Waals surface area contributed by atoms with E-state index in [1.54, 1.807) is 24.1 Å². The number of rotatable bonds is 8. The average Bonchev–Trinajstić information content (AvgIpc) is 3.21. The van der Waals surface area contributed by atoms with Crippen LogP contribution in [0.25, 0.3) is 0 Å². The Labute approximate surface area is 169 Å². The molecule has 1 saturated heterocycles. The second-order valence-electron chi connectivity index (χ2n) is 6.85. The standard InChI is InChI=1S/C21H25N3O5/c1-2-28-21(27)18-8-7-17(29-18)13-23-20(26)15-6-9-19(25)24(14-15)12-10-16-5-3-4-11-22-16/h3-5,7-8,11,15H,2,6,9-10,12-14H2,1H3,(H,23,26). The summed E-state index contributed by atoms with van der Waals surface area (Å²) in [7, 11) is 0. The first kappa shape index (κ1) is 20.6. The molecule has 3 rings (SSSR count). The molecule has 1 N–H and O–H groups in total. The van der Waals surface area contributed by atoms with Gasteiger partial charge in [-0.05, 0) is 37.6 Å². The number of furan rings is 1. The van der Waals surface area contributed by atoms with Gasteiger partial charge in [-0.2, -0.15) is 0 Å². The Balaban J connectivity index is 1.49. The lowest BCUT2D eigenvalue weighted by Crippen LogP contribution is -2.46. The highest BCUT2D eigenvalue weighted by Crippen LogP contribution is 2.19. The number of aromatic nitrogens is 1. The van der Waals surface area contributed by atoms with Gasteiger partial charge in [0, 0.05) is 37.8 Å². The molecule has 8 heteroatoms. The van der Waals surface area contributed by atoms with Crippen LogP contribution >= 0.6 is 0 Å². The molecule has 1 aliphatic rings. The third kappa shape index (κ3) is 5.66. The molecule has 2 aromatic rings. The number of nitrogens with zero attached hydrogens (tertiary/aromatic N) is 2. The van der Waals surface area contributed by atoms with Gasteiger partial charge in [-0.15, -0.1) is 0 Å². The zero-order valence-electron chi connectivity index (χ0n) is 16.4. The molecule has 0 saturated carbocycles. The first-order chi connectivity index (χ1) is 14.1. The van der Waals surface area contributed by atoms with Gasteiger partial charge in [-0.3, -0.25) is 14.6 Å². The summed E-state index contributed by atoms with van der Waals surface area (Å²) in [5.41, 5.74) is 0.919. The number of carbonyl (C=O) groups excluding carboxylic acids is 3. The third-order valence-corrected chi connectivity index (χ3v) is 4.81. The highest BCUT2D eigenvalue weighted by atomic mass is 16.5. The lowest BCUT2D eigenvalue weighted by Gasteiger charge is -2.31. The van der Waals surface area contributed by atoms with E-state index in [0.717, 1.165) is 5.69 Å². The van der Waals surface area contributed by atoms with Gasteiger partial charge in [0.05, 0.1) is 19.1 Å². The van der Waals surface area contributed by atoms with Gasteiger partial charge in [0.1, 0.15) is 5.76 Å². The fourth-order valence-electron chi connectivity index (χ4n) is 3.24. The van der Waals surface area contributed by atoms with Crippen LogP contribution in [0, 0.1) is 5.92 Å². The van der Waals surface area contributed by atoms with Crippen molar-refractivity contribution >= 4 is 17.8 Å². The Morgan fingerprint density at radius 2 is 2.17 bits per heavy atom. The topological polar surface area (TPSA) is 102 Å². The van der Waals surface area contributed by atoms with E-state index in [-0.39, 0.29) is 36.6 Å². The SMILES string of the molecule is CCOC(=O)c1ccc(CNC(=O)C2CCC(=O)N(CCc3ccccn3)C2)o1. The van der Waals surface area contributed by atoms with Crippen molar-refractivity contribution in [3.05, 3.63) is 53.7 Å². The molecule has 0 aromatic carbocycles. The van der Waals surface area contributed by atoms with E-state index in [1.807, 2.05) is 18.2 Å². The van der Waals surface area contributed by atoms with Crippen molar-refractivity contribution in [2.24, 2.45) is 5.92 Å². The first-order valence-electron chi connectivity index (χ1n) is 9.78. The van der Waals surface area contributed by atoms with Crippen molar-refractivity contribution in [1.29, 1.82) is 0 Å². The van der Waals surface area contributed by atoms with Crippen LogP contribution in [-0.4, -0.2) is 47.4 Å². The van der Waals surface area contributed by atoms with E-state index < -0.39 is 5.97 Å². The number of hydrogen-bond acceptors (Lipinski definition) is 6. The summed E-state index contributed by atoms with van der Waals surface area (Å²) < 4.78 is 10.3. The van der Waals surface area contributed by atoms with Crippen LogP contribution in [0.3, 0.4) is 0 Å². The monoisotopic (exact) mass is 399 g/mol. The maximum atomic E-state index is 12.5. The molecule has 8 nitrogen and oxygen atoms in total. The number of esters is 1. The lowest BCUT2D eigenvalue weighted by atomic mass is 9.96. The molecular weight excluding hydrogens is 374 g/mol. The smallest absolute Gasteiger partial charge is 0.374 e. The second kappa shape index (κ2) is 9.86. The number of amides is 2. The van der Waals surface area contributed by atoms with Crippen LogP contribution in [0.4, 0.5) is 0 Å². The summed E-state index contributed by atoms with van der Waals surface area (Å²) in [5, 5.41) is 2.83. The van der Waals surface area contributed by atoms with E-state index in [1.165, 1.54) is 6.07 Å². The minimum Gasteiger partial charge on any atom is -0.460 e. The molecule has 0 aliphatic carbocycles. The molecule has 2 aromatic heterocycles. The fourth-order valence-corrected chi connectivity index (χ4v) is 3.24. The van der Waals surface area contributed by atoms with Crippen LogP contribution < -0.4 is 5.32 Å². The minimum absolute atomic E-state index is 0.0649. The maximum Gasteiger partial charge on any atom is 0.374 e. The lowest BCUT2D eigenvalue weighted by molar-refractivity contribution is -0.138. The van der Waals surface area contributed by atoms with Gasteiger partial charge < -0.3 is 19.4 Å². The summed E-state index contributed by atoms with van der Waals surface area (Å²) in [6.07, 6.45) is 3.26. The van der Waals surface area contributed by atoms with Crippen molar-refractivity contribution in [3.8, 4) is 0 Å². The van der Waals surface area contributed by atoms with Gasteiger partial charge in [-0.25, -0.2) is 4.79 Å². The Hall–Kier alpha value is -3.16. The summed E-state index contributed by atoms with van der Waals surface area (Å²) in [6.45, 7) is 3.10. The third-order valence-electron chi connectivity index (χ3n) is 4.81.